The Morgan fingerprint density at radius 2 is 1.76 bits per heavy atom. The lowest BCUT2D eigenvalue weighted by Gasteiger charge is -2.29. The van der Waals surface area contributed by atoms with Crippen LogP contribution in [0.1, 0.15) is 24.6 Å². The van der Waals surface area contributed by atoms with Crippen LogP contribution in [-0.2, 0) is 4.79 Å². The van der Waals surface area contributed by atoms with Gasteiger partial charge in [0.15, 0.2) is 0 Å². The van der Waals surface area contributed by atoms with Crippen LogP contribution < -0.4 is 4.90 Å². The van der Waals surface area contributed by atoms with Crippen molar-refractivity contribution in [1.29, 1.82) is 0 Å². The number of nitrogens with zero attached hydrogens (tertiary/aromatic N) is 3. The van der Waals surface area contributed by atoms with Gasteiger partial charge in [-0.1, -0.05) is 23.7 Å². The van der Waals surface area contributed by atoms with Crippen LogP contribution in [0.2, 0.25) is 5.02 Å². The fourth-order valence-electron chi connectivity index (χ4n) is 3.76. The van der Waals surface area contributed by atoms with Gasteiger partial charge >= 0.3 is 0 Å². The maximum atomic E-state index is 13.0. The Morgan fingerprint density at radius 3 is 2.40 bits per heavy atom. The van der Waals surface area contributed by atoms with Gasteiger partial charge in [0.05, 0.1) is 11.0 Å². The predicted molar refractivity (Wildman–Crippen MR) is 94.5 cm³/mol. The molecule has 2 aromatic carbocycles. The fraction of sp³-hybridized carbons (Fsp3) is 0.278. The molecule has 2 aromatic rings. The Bertz CT molecular complexity index is 822. The number of nitro groups is 1. The molecule has 25 heavy (non-hydrogen) atoms. The molecule has 6 nitrogen and oxygen atoms in total. The molecule has 2 aliphatic rings. The Morgan fingerprint density at radius 1 is 1.08 bits per heavy atom. The van der Waals surface area contributed by atoms with Crippen molar-refractivity contribution in [2.75, 3.05) is 11.4 Å². The molecule has 0 unspecified atom stereocenters. The number of benzene rings is 2. The Hall–Kier alpha value is -2.44. The summed E-state index contributed by atoms with van der Waals surface area (Å²) in [6.45, 7) is 0.854. The summed E-state index contributed by atoms with van der Waals surface area (Å²) in [5.41, 5.74) is 1.67. The second kappa shape index (κ2) is 6.13. The molecule has 0 bridgehead atoms. The SMILES string of the molecule is O=C1[C@@H]2CCCN2[C@H](c2ccc(Cl)cc2)N1c1ccc([N+](=O)[O-])cc1. The number of nitro benzene ring substituents is 1. The van der Waals surface area contributed by atoms with Crippen LogP contribution in [0, 0.1) is 10.1 Å². The molecule has 2 saturated heterocycles. The maximum absolute atomic E-state index is 13.0. The Balaban J connectivity index is 1.76. The van der Waals surface area contributed by atoms with Crippen molar-refractivity contribution < 1.29 is 9.72 Å². The molecule has 0 N–H and O–H groups in total. The molecule has 0 aliphatic carbocycles. The Kier molecular flexibility index (Phi) is 3.94. The zero-order valence-electron chi connectivity index (χ0n) is 13.3. The molecule has 0 saturated carbocycles. The van der Waals surface area contributed by atoms with E-state index in [4.69, 9.17) is 11.6 Å². The number of anilines is 1. The van der Waals surface area contributed by atoms with E-state index in [0.29, 0.717) is 10.7 Å². The van der Waals surface area contributed by atoms with Gasteiger partial charge in [0, 0.05) is 29.4 Å². The summed E-state index contributed by atoms with van der Waals surface area (Å²) in [7, 11) is 0. The largest absolute Gasteiger partial charge is 0.291 e. The van der Waals surface area contributed by atoms with Gasteiger partial charge in [0.25, 0.3) is 5.69 Å². The molecule has 2 heterocycles. The van der Waals surface area contributed by atoms with Crippen LogP contribution in [0.4, 0.5) is 11.4 Å². The van der Waals surface area contributed by atoms with Crippen LogP contribution in [0.5, 0.6) is 0 Å². The van der Waals surface area contributed by atoms with Gasteiger partial charge in [-0.2, -0.15) is 0 Å². The van der Waals surface area contributed by atoms with E-state index in [2.05, 4.69) is 4.90 Å². The van der Waals surface area contributed by atoms with Crippen LogP contribution in [0.3, 0.4) is 0 Å². The number of carbonyl (C=O) groups excluding carboxylic acids is 1. The highest BCUT2D eigenvalue weighted by Crippen LogP contribution is 2.42. The summed E-state index contributed by atoms with van der Waals surface area (Å²) in [6, 6.07) is 13.5. The molecule has 7 heteroatoms. The number of non-ortho nitro benzene ring substituents is 1. The molecule has 0 aromatic heterocycles. The number of carbonyl (C=O) groups is 1. The van der Waals surface area contributed by atoms with E-state index in [1.54, 1.807) is 17.0 Å². The van der Waals surface area contributed by atoms with E-state index in [9.17, 15) is 14.9 Å². The second-order valence-electron chi connectivity index (χ2n) is 6.30. The molecule has 2 atom stereocenters. The van der Waals surface area contributed by atoms with Gasteiger partial charge in [-0.15, -0.1) is 0 Å². The lowest BCUT2D eigenvalue weighted by atomic mass is 10.1. The summed E-state index contributed by atoms with van der Waals surface area (Å²) in [4.78, 5) is 27.4. The topological polar surface area (TPSA) is 66.7 Å². The third-order valence-corrected chi connectivity index (χ3v) is 5.13. The average Bonchev–Trinajstić information content (AvgIpc) is 3.18. The highest BCUT2D eigenvalue weighted by atomic mass is 35.5. The van der Waals surface area contributed by atoms with Gasteiger partial charge in [-0.25, -0.2) is 0 Å². The quantitative estimate of drug-likeness (QED) is 0.619. The van der Waals surface area contributed by atoms with Crippen molar-refractivity contribution in [2.45, 2.75) is 25.0 Å². The van der Waals surface area contributed by atoms with E-state index in [1.165, 1.54) is 12.1 Å². The van der Waals surface area contributed by atoms with Gasteiger partial charge < -0.3 is 0 Å². The molecular formula is C18H16ClN3O3. The minimum absolute atomic E-state index is 0.0129. The number of hydrogen-bond donors (Lipinski definition) is 0. The van der Waals surface area contributed by atoms with E-state index >= 15 is 0 Å². The lowest BCUT2D eigenvalue weighted by Crippen LogP contribution is -2.32. The number of rotatable bonds is 3. The first-order valence-corrected chi connectivity index (χ1v) is 8.53. The third kappa shape index (κ3) is 2.67. The molecule has 1 amide bonds. The van der Waals surface area contributed by atoms with E-state index in [0.717, 1.165) is 24.9 Å². The summed E-state index contributed by atoms with van der Waals surface area (Å²) in [5.74, 6) is 0.0475. The maximum Gasteiger partial charge on any atom is 0.269 e. The van der Waals surface area contributed by atoms with Crippen LogP contribution >= 0.6 is 11.6 Å². The van der Waals surface area contributed by atoms with Crippen LogP contribution in [0.25, 0.3) is 0 Å². The van der Waals surface area contributed by atoms with E-state index < -0.39 is 4.92 Å². The molecular weight excluding hydrogens is 342 g/mol. The first-order chi connectivity index (χ1) is 12.1. The number of amides is 1. The highest BCUT2D eigenvalue weighted by molar-refractivity contribution is 6.30. The third-order valence-electron chi connectivity index (χ3n) is 4.88. The van der Waals surface area contributed by atoms with Crippen LogP contribution in [0.15, 0.2) is 48.5 Å². The second-order valence-corrected chi connectivity index (χ2v) is 6.74. The van der Waals surface area contributed by atoms with Gasteiger partial charge in [-0.3, -0.25) is 24.7 Å². The van der Waals surface area contributed by atoms with Gasteiger partial charge in [-0.05, 0) is 42.7 Å². The summed E-state index contributed by atoms with van der Waals surface area (Å²) in [5, 5.41) is 11.5. The molecule has 0 spiro atoms. The molecule has 0 radical (unpaired) electrons. The summed E-state index contributed by atoms with van der Waals surface area (Å²) in [6.07, 6.45) is 1.62. The van der Waals surface area contributed by atoms with E-state index in [1.807, 2.05) is 24.3 Å². The summed E-state index contributed by atoms with van der Waals surface area (Å²) >= 11 is 6.00. The molecule has 2 fully saturated rings. The molecule has 2 aliphatic heterocycles. The first-order valence-electron chi connectivity index (χ1n) is 8.15. The minimum Gasteiger partial charge on any atom is -0.291 e. The number of fused-ring (bicyclic) bond motifs is 1. The molecule has 4 rings (SSSR count). The smallest absolute Gasteiger partial charge is 0.269 e. The van der Waals surface area contributed by atoms with Crippen molar-refractivity contribution in [2.24, 2.45) is 0 Å². The lowest BCUT2D eigenvalue weighted by molar-refractivity contribution is -0.384. The standard InChI is InChI=1S/C18H16ClN3O3/c19-13-5-3-12(4-6-13)17-20-11-1-2-16(20)18(23)21(17)14-7-9-15(10-8-14)22(24)25/h3-10,16-17H,1-2,11H2/t16-,17-/m0/s1. The fourth-order valence-corrected chi connectivity index (χ4v) is 3.88. The predicted octanol–water partition coefficient (Wildman–Crippen LogP) is 3.76. The van der Waals surface area contributed by atoms with Crippen molar-refractivity contribution >= 4 is 28.9 Å². The number of hydrogen-bond acceptors (Lipinski definition) is 4. The van der Waals surface area contributed by atoms with Gasteiger partial charge in [0.1, 0.15) is 6.17 Å². The normalized spacial score (nSPS) is 23.1. The minimum atomic E-state index is -0.440. The first kappa shape index (κ1) is 16.1. The average molecular weight is 358 g/mol. The summed E-state index contributed by atoms with van der Waals surface area (Å²) < 4.78 is 0. The van der Waals surface area contributed by atoms with Crippen LogP contribution in [-0.4, -0.2) is 28.3 Å². The zero-order valence-corrected chi connectivity index (χ0v) is 14.1. The van der Waals surface area contributed by atoms with E-state index in [-0.39, 0.29) is 23.8 Å². The van der Waals surface area contributed by atoms with Crippen molar-refractivity contribution in [3.8, 4) is 0 Å². The number of halogens is 1. The monoisotopic (exact) mass is 357 g/mol. The Labute approximate surface area is 149 Å². The van der Waals surface area contributed by atoms with Crippen molar-refractivity contribution in [3.05, 3.63) is 69.2 Å². The van der Waals surface area contributed by atoms with Gasteiger partial charge in [0.2, 0.25) is 5.91 Å². The molecule has 128 valence electrons. The van der Waals surface area contributed by atoms with Crippen molar-refractivity contribution in [3.63, 3.8) is 0 Å². The highest BCUT2D eigenvalue weighted by Gasteiger charge is 2.49. The van der Waals surface area contributed by atoms with Crippen molar-refractivity contribution in [1.82, 2.24) is 4.90 Å². The zero-order chi connectivity index (χ0) is 17.6.